The van der Waals surface area contributed by atoms with E-state index in [-0.39, 0.29) is 32.5 Å². The molecule has 0 saturated heterocycles. The molecule has 0 bridgehead atoms. The average Bonchev–Trinajstić information content (AvgIpc) is 3.67. The minimum Gasteiger partial charge on any atom is -0.465 e. The van der Waals surface area contributed by atoms with Crippen LogP contribution in [-0.2, 0) is 23.8 Å². The van der Waals surface area contributed by atoms with Crippen molar-refractivity contribution < 1.29 is 14.3 Å². The predicted molar refractivity (Wildman–Crippen MR) is 186 cm³/mol. The summed E-state index contributed by atoms with van der Waals surface area (Å²) in [5, 5.41) is 26.8. The van der Waals surface area contributed by atoms with Crippen molar-refractivity contribution in [2.75, 3.05) is 5.32 Å². The molecule has 0 aliphatic heterocycles. The highest BCUT2D eigenvalue weighted by molar-refractivity contribution is 5.83. The Balaban J connectivity index is 1.23. The van der Waals surface area contributed by atoms with Crippen LogP contribution in [0.25, 0.3) is 0 Å². The number of carboxylic acid groups (broad SMARTS) is 1. The lowest BCUT2D eigenvalue weighted by Gasteiger charge is -2.70. The van der Waals surface area contributed by atoms with E-state index in [1.165, 1.54) is 19.2 Å². The van der Waals surface area contributed by atoms with Crippen LogP contribution in [0, 0.1) is 39.4 Å². The second kappa shape index (κ2) is 10.3. The van der Waals surface area contributed by atoms with Gasteiger partial charge in [0.1, 0.15) is 5.82 Å². The highest BCUT2D eigenvalue weighted by Crippen LogP contribution is 2.75. The van der Waals surface area contributed by atoms with Crippen LogP contribution in [0.2, 0.25) is 0 Å². The van der Waals surface area contributed by atoms with E-state index in [2.05, 4.69) is 82.2 Å². The predicted octanol–water partition coefficient (Wildman–Crippen LogP) is 9.17. The minimum atomic E-state index is -1.04. The molecule has 48 heavy (non-hydrogen) atoms. The van der Waals surface area contributed by atoms with Crippen molar-refractivity contribution in [3.8, 4) is 0 Å². The summed E-state index contributed by atoms with van der Waals surface area (Å²) in [7, 11) is 0. The standard InChI is InChI=1S/C40H53N5O3/c1-35(2)17-19-40(33-43-41-24-48-33)20-18-38(6)27(28(40)22-35)13-14-30-37(5)21-26-31(36(3,4)29(37)15-16-39(30,38)7)44-45(32(26)42-34(46)47)23-25-11-9-8-10-12-25/h8-13,24,28-30,42H,14-23H2,1-7H3,(H,46,47)/t28?,29?,30?,37-,38+,39+,40-/m0/s1. The van der Waals surface area contributed by atoms with Gasteiger partial charge in [0.2, 0.25) is 12.3 Å². The van der Waals surface area contributed by atoms with Crippen molar-refractivity contribution in [2.45, 2.75) is 124 Å². The van der Waals surface area contributed by atoms with E-state index in [9.17, 15) is 9.90 Å². The molecule has 1 aromatic carbocycles. The zero-order valence-corrected chi connectivity index (χ0v) is 29.9. The van der Waals surface area contributed by atoms with Gasteiger partial charge in [0, 0.05) is 11.0 Å². The Bertz CT molecular complexity index is 1770. The summed E-state index contributed by atoms with van der Waals surface area (Å²) in [6.45, 7) is 17.9. The van der Waals surface area contributed by atoms with Crippen molar-refractivity contribution in [1.82, 2.24) is 20.0 Å². The van der Waals surface area contributed by atoms with E-state index in [1.807, 2.05) is 22.9 Å². The Hall–Kier alpha value is -3.42. The summed E-state index contributed by atoms with van der Waals surface area (Å²) in [6.07, 6.45) is 13.0. The molecule has 3 saturated carbocycles. The van der Waals surface area contributed by atoms with Gasteiger partial charge in [-0.25, -0.2) is 9.48 Å². The van der Waals surface area contributed by atoms with E-state index in [4.69, 9.17) is 9.52 Å². The van der Waals surface area contributed by atoms with Crippen molar-refractivity contribution >= 4 is 11.9 Å². The van der Waals surface area contributed by atoms with Crippen molar-refractivity contribution in [3.05, 3.63) is 71.1 Å². The molecule has 0 spiro atoms. The molecular weight excluding hydrogens is 598 g/mol. The Morgan fingerprint density at radius 3 is 2.46 bits per heavy atom. The fourth-order valence-electron chi connectivity index (χ4n) is 12.7. The van der Waals surface area contributed by atoms with Crippen LogP contribution in [0.5, 0.6) is 0 Å². The molecule has 8 nitrogen and oxygen atoms in total. The van der Waals surface area contributed by atoms with E-state index in [0.717, 1.165) is 67.7 Å². The zero-order valence-electron chi connectivity index (χ0n) is 29.9. The monoisotopic (exact) mass is 651 g/mol. The van der Waals surface area contributed by atoms with Crippen LogP contribution < -0.4 is 5.32 Å². The van der Waals surface area contributed by atoms with Gasteiger partial charge in [-0.15, -0.1) is 10.2 Å². The van der Waals surface area contributed by atoms with Crippen LogP contribution in [-0.4, -0.2) is 31.2 Å². The Labute approximate surface area is 285 Å². The topological polar surface area (TPSA) is 106 Å². The third-order valence-corrected chi connectivity index (χ3v) is 15.2. The van der Waals surface area contributed by atoms with Gasteiger partial charge in [-0.3, -0.25) is 5.32 Å². The molecule has 8 heteroatoms. The number of hydrogen-bond donors (Lipinski definition) is 2. The molecule has 3 unspecified atom stereocenters. The fourth-order valence-corrected chi connectivity index (χ4v) is 12.7. The normalized spacial score (nSPS) is 37.6. The van der Waals surface area contributed by atoms with Gasteiger partial charge in [-0.2, -0.15) is 5.10 Å². The molecule has 3 aromatic rings. The van der Waals surface area contributed by atoms with Crippen LogP contribution in [0.1, 0.15) is 123 Å². The van der Waals surface area contributed by atoms with Gasteiger partial charge in [0.15, 0.2) is 0 Å². The number of hydrogen-bond acceptors (Lipinski definition) is 5. The summed E-state index contributed by atoms with van der Waals surface area (Å²) < 4.78 is 7.98. The van der Waals surface area contributed by atoms with Gasteiger partial charge in [0.25, 0.3) is 0 Å². The number of anilines is 1. The molecule has 2 N–H and O–H groups in total. The Kier molecular flexibility index (Phi) is 6.83. The number of aromatic nitrogens is 4. The molecule has 5 aliphatic carbocycles. The maximum atomic E-state index is 12.3. The smallest absolute Gasteiger partial charge is 0.410 e. The summed E-state index contributed by atoms with van der Waals surface area (Å²) in [4.78, 5) is 12.3. The van der Waals surface area contributed by atoms with Crippen molar-refractivity contribution in [3.63, 3.8) is 0 Å². The van der Waals surface area contributed by atoms with Crippen molar-refractivity contribution in [2.24, 2.45) is 39.4 Å². The SMILES string of the molecule is CC1(C)CC[C@]2(c3nnco3)CC[C@]3(C)C(=CCC4[C@@]5(C)Cc6c(nn(Cc7ccccc7)c6NC(=O)O)C(C)(C)C5CC[C@]43C)C2C1. The third-order valence-electron chi connectivity index (χ3n) is 15.2. The van der Waals surface area contributed by atoms with Gasteiger partial charge >= 0.3 is 6.09 Å². The average molecular weight is 652 g/mol. The molecule has 2 aromatic heterocycles. The first-order chi connectivity index (χ1) is 22.6. The number of carbonyl (C=O) groups is 1. The maximum absolute atomic E-state index is 12.3. The second-order valence-electron chi connectivity index (χ2n) is 18.3. The first-order valence-corrected chi connectivity index (χ1v) is 18.3. The first kappa shape index (κ1) is 31.8. The molecule has 2 heterocycles. The van der Waals surface area contributed by atoms with Gasteiger partial charge in [-0.05, 0) is 103 Å². The molecular formula is C40H53N5O3. The summed E-state index contributed by atoms with van der Waals surface area (Å²) in [5.74, 6) is 2.81. The Morgan fingerprint density at radius 1 is 1.00 bits per heavy atom. The van der Waals surface area contributed by atoms with Gasteiger partial charge in [0.05, 0.1) is 17.7 Å². The zero-order chi connectivity index (χ0) is 33.9. The molecule has 5 aliphatic rings. The lowest BCUT2D eigenvalue weighted by molar-refractivity contribution is -0.155. The second-order valence-corrected chi connectivity index (χ2v) is 18.3. The molecule has 7 atom stereocenters. The van der Waals surface area contributed by atoms with Crippen LogP contribution in [0.15, 0.2) is 52.8 Å². The quantitative estimate of drug-likeness (QED) is 0.273. The minimum absolute atomic E-state index is 0.0169. The van der Waals surface area contributed by atoms with Crippen LogP contribution >= 0.6 is 0 Å². The molecule has 8 rings (SSSR count). The number of amides is 1. The number of benzene rings is 1. The first-order valence-electron chi connectivity index (χ1n) is 18.3. The molecule has 0 radical (unpaired) electrons. The van der Waals surface area contributed by atoms with E-state index < -0.39 is 6.09 Å². The van der Waals surface area contributed by atoms with Crippen molar-refractivity contribution in [1.29, 1.82) is 0 Å². The number of rotatable bonds is 4. The fraction of sp³-hybridized carbons (Fsp3) is 0.650. The van der Waals surface area contributed by atoms with Gasteiger partial charge < -0.3 is 9.52 Å². The summed E-state index contributed by atoms with van der Waals surface area (Å²) in [6, 6.07) is 10.2. The third kappa shape index (κ3) is 4.25. The maximum Gasteiger partial charge on any atom is 0.410 e. The van der Waals surface area contributed by atoms with Gasteiger partial charge in [-0.1, -0.05) is 90.4 Å². The van der Waals surface area contributed by atoms with E-state index >= 15 is 0 Å². The highest BCUT2D eigenvalue weighted by atomic mass is 16.4. The highest BCUT2D eigenvalue weighted by Gasteiger charge is 2.69. The number of fused-ring (bicyclic) bond motifs is 8. The molecule has 3 fully saturated rings. The Morgan fingerprint density at radius 2 is 1.75 bits per heavy atom. The number of nitrogens with zero attached hydrogens (tertiary/aromatic N) is 4. The van der Waals surface area contributed by atoms with Crippen LogP contribution in [0.3, 0.4) is 0 Å². The lowest BCUT2D eigenvalue weighted by Crippen LogP contribution is -2.64. The summed E-state index contributed by atoms with van der Waals surface area (Å²) >= 11 is 0. The van der Waals surface area contributed by atoms with E-state index in [1.54, 1.807) is 5.57 Å². The van der Waals surface area contributed by atoms with Crippen LogP contribution in [0.4, 0.5) is 10.6 Å². The van der Waals surface area contributed by atoms with E-state index in [0.29, 0.717) is 30.1 Å². The number of allylic oxidation sites excluding steroid dienone is 2. The summed E-state index contributed by atoms with van der Waals surface area (Å²) in [5.41, 5.74) is 5.08. The lowest BCUT2D eigenvalue weighted by atomic mass is 9.33. The number of nitrogens with one attached hydrogen (secondary N) is 1. The molecule has 256 valence electrons. The molecule has 1 amide bonds. The largest absolute Gasteiger partial charge is 0.465 e.